The average molecular weight is 180 g/mol. The molecule has 0 unspecified atom stereocenters. The van der Waals surface area contributed by atoms with Crippen LogP contribution in [0, 0.1) is 0 Å². The fourth-order valence-electron chi connectivity index (χ4n) is 1.12. The fourth-order valence-corrected chi connectivity index (χ4v) is 1.29. The van der Waals surface area contributed by atoms with Crippen molar-refractivity contribution in [3.8, 4) is 0 Å². The van der Waals surface area contributed by atoms with Gasteiger partial charge in [-0.1, -0.05) is 12.2 Å². The molecule has 1 aromatic rings. The summed E-state index contributed by atoms with van der Waals surface area (Å²) >= 11 is 5.11. The summed E-state index contributed by atoms with van der Waals surface area (Å²) in [6, 6.07) is 0. The van der Waals surface area contributed by atoms with Crippen molar-refractivity contribution in [3.05, 3.63) is 12.5 Å². The topological polar surface area (TPSA) is 41.0 Å². The van der Waals surface area contributed by atoms with E-state index >= 15 is 0 Å². The number of hydrogen-bond acceptors (Lipinski definition) is 4. The van der Waals surface area contributed by atoms with Gasteiger partial charge >= 0.3 is 0 Å². The van der Waals surface area contributed by atoms with E-state index in [1.807, 2.05) is 11.9 Å². The molecule has 0 aromatic carbocycles. The standard InChI is InChI=1S/C7H8N4S/c1-11-5-2-8-4-10-7(5)9-3-6(11)12/h2,4H,3H2,1H3,(H,8,9,10). The molecule has 1 aliphatic rings. The maximum Gasteiger partial charge on any atom is 0.153 e. The highest BCUT2D eigenvalue weighted by Crippen LogP contribution is 2.24. The summed E-state index contributed by atoms with van der Waals surface area (Å²) in [5.41, 5.74) is 0.939. The Labute approximate surface area is 75.6 Å². The second-order valence-corrected chi connectivity index (χ2v) is 3.03. The molecule has 5 heteroatoms. The minimum absolute atomic E-state index is 0.676. The van der Waals surface area contributed by atoms with Gasteiger partial charge in [0.2, 0.25) is 0 Å². The van der Waals surface area contributed by atoms with E-state index in [1.165, 1.54) is 6.33 Å². The first-order valence-corrected chi connectivity index (χ1v) is 4.00. The quantitative estimate of drug-likeness (QED) is 0.594. The van der Waals surface area contributed by atoms with Crippen molar-refractivity contribution in [2.24, 2.45) is 0 Å². The number of likely N-dealkylation sites (N-methyl/N-ethyl adjacent to an activating group) is 1. The van der Waals surface area contributed by atoms with Crippen LogP contribution >= 0.6 is 12.2 Å². The smallest absolute Gasteiger partial charge is 0.153 e. The molecule has 0 saturated heterocycles. The van der Waals surface area contributed by atoms with Crippen LogP contribution in [0.4, 0.5) is 11.5 Å². The monoisotopic (exact) mass is 180 g/mol. The summed E-state index contributed by atoms with van der Waals surface area (Å²) in [6.07, 6.45) is 3.27. The van der Waals surface area contributed by atoms with Crippen molar-refractivity contribution in [3.63, 3.8) is 0 Å². The molecule has 1 aromatic heterocycles. The molecule has 2 heterocycles. The molecule has 0 atom stereocenters. The zero-order valence-electron chi connectivity index (χ0n) is 6.61. The summed E-state index contributed by atoms with van der Waals surface area (Å²) in [5, 5.41) is 3.11. The normalized spacial score (nSPS) is 15.4. The van der Waals surface area contributed by atoms with Crippen molar-refractivity contribution in [2.75, 3.05) is 23.8 Å². The zero-order valence-corrected chi connectivity index (χ0v) is 7.43. The number of rotatable bonds is 0. The van der Waals surface area contributed by atoms with Crippen LogP contribution in [0.1, 0.15) is 0 Å². The van der Waals surface area contributed by atoms with Gasteiger partial charge in [0.05, 0.1) is 12.7 Å². The van der Waals surface area contributed by atoms with Crippen molar-refractivity contribution in [2.45, 2.75) is 0 Å². The molecule has 0 saturated carbocycles. The van der Waals surface area contributed by atoms with Crippen molar-refractivity contribution >= 4 is 28.7 Å². The second kappa shape index (κ2) is 2.67. The van der Waals surface area contributed by atoms with Crippen LogP contribution in [-0.2, 0) is 0 Å². The number of hydrogen-bond donors (Lipinski definition) is 1. The van der Waals surface area contributed by atoms with E-state index in [9.17, 15) is 0 Å². The van der Waals surface area contributed by atoms with Gasteiger partial charge in [0.15, 0.2) is 5.82 Å². The van der Waals surface area contributed by atoms with E-state index in [0.29, 0.717) is 6.54 Å². The van der Waals surface area contributed by atoms with Crippen LogP contribution < -0.4 is 10.2 Å². The largest absolute Gasteiger partial charge is 0.362 e. The van der Waals surface area contributed by atoms with E-state index in [4.69, 9.17) is 12.2 Å². The SMILES string of the molecule is CN1C(=S)CNc2ncncc21. The van der Waals surface area contributed by atoms with E-state index in [-0.39, 0.29) is 0 Å². The summed E-state index contributed by atoms with van der Waals surface area (Å²) in [4.78, 5) is 10.8. The highest BCUT2D eigenvalue weighted by Gasteiger charge is 2.17. The van der Waals surface area contributed by atoms with E-state index < -0.39 is 0 Å². The third kappa shape index (κ3) is 1.02. The lowest BCUT2D eigenvalue weighted by Gasteiger charge is -2.27. The third-order valence-electron chi connectivity index (χ3n) is 1.84. The van der Waals surface area contributed by atoms with Crippen molar-refractivity contribution in [1.82, 2.24) is 9.97 Å². The van der Waals surface area contributed by atoms with Crippen LogP contribution in [0.2, 0.25) is 0 Å². The number of fused-ring (bicyclic) bond motifs is 1. The number of nitrogens with one attached hydrogen (secondary N) is 1. The highest BCUT2D eigenvalue weighted by molar-refractivity contribution is 7.80. The minimum atomic E-state index is 0.676. The molecule has 1 aliphatic heterocycles. The van der Waals surface area contributed by atoms with Gasteiger partial charge in [-0.05, 0) is 0 Å². The Morgan fingerprint density at radius 1 is 1.67 bits per heavy atom. The number of nitrogens with zero attached hydrogens (tertiary/aromatic N) is 3. The van der Waals surface area contributed by atoms with E-state index in [2.05, 4.69) is 15.3 Å². The molecule has 0 fully saturated rings. The zero-order chi connectivity index (χ0) is 8.55. The van der Waals surface area contributed by atoms with Gasteiger partial charge in [-0.15, -0.1) is 0 Å². The first-order chi connectivity index (χ1) is 5.79. The maximum absolute atomic E-state index is 5.11. The molecular formula is C7H8N4S. The van der Waals surface area contributed by atoms with Gasteiger partial charge in [-0.3, -0.25) is 0 Å². The van der Waals surface area contributed by atoms with Gasteiger partial charge in [0, 0.05) is 7.05 Å². The van der Waals surface area contributed by atoms with Crippen LogP contribution in [0.3, 0.4) is 0 Å². The fraction of sp³-hybridized carbons (Fsp3) is 0.286. The minimum Gasteiger partial charge on any atom is -0.362 e. The lowest BCUT2D eigenvalue weighted by Crippen LogP contribution is -2.35. The first kappa shape index (κ1) is 7.42. The maximum atomic E-state index is 5.11. The highest BCUT2D eigenvalue weighted by atomic mass is 32.1. The van der Waals surface area contributed by atoms with Crippen LogP contribution in [-0.4, -0.2) is 28.5 Å². The molecule has 4 nitrogen and oxygen atoms in total. The molecular weight excluding hydrogens is 172 g/mol. The Morgan fingerprint density at radius 2 is 2.50 bits per heavy atom. The predicted octanol–water partition coefficient (Wildman–Crippen LogP) is 0.666. The summed E-state index contributed by atoms with van der Waals surface area (Å²) in [7, 11) is 1.92. The van der Waals surface area contributed by atoms with E-state index in [0.717, 1.165) is 16.5 Å². The average Bonchev–Trinajstić information content (AvgIpc) is 2.12. The molecule has 0 amide bonds. The summed E-state index contributed by atoms with van der Waals surface area (Å²) in [6.45, 7) is 0.676. The molecule has 1 N–H and O–H groups in total. The first-order valence-electron chi connectivity index (χ1n) is 3.59. The van der Waals surface area contributed by atoms with Crippen molar-refractivity contribution in [1.29, 1.82) is 0 Å². The lowest BCUT2D eigenvalue weighted by molar-refractivity contribution is 1.08. The molecule has 62 valence electrons. The van der Waals surface area contributed by atoms with Gasteiger partial charge in [0.1, 0.15) is 17.0 Å². The molecule has 0 bridgehead atoms. The van der Waals surface area contributed by atoms with E-state index in [1.54, 1.807) is 6.20 Å². The van der Waals surface area contributed by atoms with Crippen molar-refractivity contribution < 1.29 is 0 Å². The van der Waals surface area contributed by atoms with Gasteiger partial charge < -0.3 is 10.2 Å². The summed E-state index contributed by atoms with van der Waals surface area (Å²) < 4.78 is 0. The van der Waals surface area contributed by atoms with Crippen LogP contribution in [0.5, 0.6) is 0 Å². The Hall–Kier alpha value is -1.23. The van der Waals surface area contributed by atoms with Crippen LogP contribution in [0.25, 0.3) is 0 Å². The molecule has 2 rings (SSSR count). The third-order valence-corrected chi connectivity index (χ3v) is 2.25. The number of thiocarbonyl (C=S) groups is 1. The van der Waals surface area contributed by atoms with Gasteiger partial charge in [-0.25, -0.2) is 9.97 Å². The Kier molecular flexibility index (Phi) is 1.65. The van der Waals surface area contributed by atoms with Gasteiger partial charge in [-0.2, -0.15) is 0 Å². The second-order valence-electron chi connectivity index (χ2n) is 2.56. The Morgan fingerprint density at radius 3 is 3.33 bits per heavy atom. The lowest BCUT2D eigenvalue weighted by atomic mass is 10.3. The number of aromatic nitrogens is 2. The van der Waals surface area contributed by atoms with Crippen LogP contribution in [0.15, 0.2) is 12.5 Å². The van der Waals surface area contributed by atoms with Gasteiger partial charge in [0.25, 0.3) is 0 Å². The predicted molar refractivity (Wildman–Crippen MR) is 51.5 cm³/mol. The summed E-state index contributed by atoms with van der Waals surface area (Å²) in [5.74, 6) is 0.848. The molecule has 0 aliphatic carbocycles. The Balaban J connectivity index is 2.48. The molecule has 12 heavy (non-hydrogen) atoms. The molecule has 0 spiro atoms. The molecule has 0 radical (unpaired) electrons. The number of anilines is 2. The Bertz CT molecular complexity index is 325.